The number of thiophene rings is 1. The van der Waals surface area contributed by atoms with Crippen molar-refractivity contribution in [2.24, 2.45) is 0 Å². The molecule has 0 radical (unpaired) electrons. The Bertz CT molecular complexity index is 541. The van der Waals surface area contributed by atoms with Gasteiger partial charge in [0.15, 0.2) is 0 Å². The summed E-state index contributed by atoms with van der Waals surface area (Å²) >= 11 is 1.77. The summed E-state index contributed by atoms with van der Waals surface area (Å²) in [5, 5.41) is 9.53. The fraction of sp³-hybridized carbons (Fsp3) is 0.400. The molecule has 0 saturated heterocycles. The van der Waals surface area contributed by atoms with Crippen molar-refractivity contribution >= 4 is 39.7 Å². The molecule has 2 aromatic rings. The van der Waals surface area contributed by atoms with E-state index in [0.717, 1.165) is 25.9 Å². The maximum atomic E-state index is 11.6. The summed E-state index contributed by atoms with van der Waals surface area (Å²) in [6, 6.07) is 8.41. The van der Waals surface area contributed by atoms with E-state index in [1.165, 1.54) is 15.6 Å². The second-order valence-electron chi connectivity index (χ2n) is 4.56. The maximum Gasteiger partial charge on any atom is 0.220 e. The number of rotatable bonds is 7. The summed E-state index contributed by atoms with van der Waals surface area (Å²) in [4.78, 5) is 11.6. The Hall–Kier alpha value is -1.10. The van der Waals surface area contributed by atoms with Crippen LogP contribution >= 0.6 is 23.7 Å². The first-order valence-corrected chi connectivity index (χ1v) is 7.55. The van der Waals surface area contributed by atoms with E-state index >= 15 is 0 Å². The molecule has 0 aliphatic heterocycles. The van der Waals surface area contributed by atoms with Crippen LogP contribution in [0.25, 0.3) is 10.1 Å². The first-order valence-electron chi connectivity index (χ1n) is 6.67. The lowest BCUT2D eigenvalue weighted by atomic mass is 10.1. The highest BCUT2D eigenvalue weighted by Crippen LogP contribution is 2.25. The Labute approximate surface area is 130 Å². The van der Waals surface area contributed by atoms with E-state index in [1.54, 1.807) is 11.3 Å². The van der Waals surface area contributed by atoms with Gasteiger partial charge in [0.05, 0.1) is 0 Å². The van der Waals surface area contributed by atoms with Crippen molar-refractivity contribution in [3.05, 3.63) is 35.2 Å². The third-order valence-corrected chi connectivity index (χ3v) is 4.12. The van der Waals surface area contributed by atoms with E-state index in [0.29, 0.717) is 6.42 Å². The molecule has 2 rings (SSSR count). The molecular formula is C15H21ClN2OS. The smallest absolute Gasteiger partial charge is 0.220 e. The number of amides is 1. The zero-order valence-electron chi connectivity index (χ0n) is 11.6. The van der Waals surface area contributed by atoms with Gasteiger partial charge in [0, 0.05) is 17.7 Å². The molecule has 0 bridgehead atoms. The fourth-order valence-electron chi connectivity index (χ4n) is 2.08. The summed E-state index contributed by atoms with van der Waals surface area (Å²) in [5.74, 6) is 0.148. The molecule has 1 amide bonds. The van der Waals surface area contributed by atoms with Crippen LogP contribution in [-0.2, 0) is 11.2 Å². The van der Waals surface area contributed by atoms with Gasteiger partial charge in [-0.05, 0) is 48.8 Å². The summed E-state index contributed by atoms with van der Waals surface area (Å²) < 4.78 is 1.32. The van der Waals surface area contributed by atoms with Crippen LogP contribution in [0.1, 0.15) is 18.4 Å². The molecule has 0 aliphatic rings. The molecule has 0 saturated carbocycles. The van der Waals surface area contributed by atoms with Crippen LogP contribution < -0.4 is 10.6 Å². The molecule has 3 nitrogen and oxygen atoms in total. The molecule has 5 heteroatoms. The second-order valence-corrected chi connectivity index (χ2v) is 5.48. The van der Waals surface area contributed by atoms with Crippen molar-refractivity contribution in [1.29, 1.82) is 0 Å². The molecule has 0 unspecified atom stereocenters. The molecule has 20 heavy (non-hydrogen) atoms. The molecule has 2 N–H and O–H groups in total. The normalized spacial score (nSPS) is 10.2. The first-order chi connectivity index (χ1) is 9.31. The van der Waals surface area contributed by atoms with Crippen LogP contribution in [0.2, 0.25) is 0 Å². The SMILES string of the molecule is CNCCCC(=O)NCCc1csc2ccccc12.Cl. The number of benzene rings is 1. The lowest BCUT2D eigenvalue weighted by molar-refractivity contribution is -0.121. The number of halogens is 1. The van der Waals surface area contributed by atoms with E-state index in [-0.39, 0.29) is 18.3 Å². The highest BCUT2D eigenvalue weighted by Gasteiger charge is 2.04. The minimum absolute atomic E-state index is 0. The second kappa shape index (κ2) is 8.95. The van der Waals surface area contributed by atoms with E-state index < -0.39 is 0 Å². The molecule has 1 heterocycles. The number of hydrogen-bond donors (Lipinski definition) is 2. The van der Waals surface area contributed by atoms with Gasteiger partial charge < -0.3 is 10.6 Å². The number of carbonyl (C=O) groups is 1. The first kappa shape index (κ1) is 17.0. The van der Waals surface area contributed by atoms with Crippen LogP contribution in [0.15, 0.2) is 29.6 Å². The van der Waals surface area contributed by atoms with Crippen LogP contribution in [0, 0.1) is 0 Å². The molecule has 110 valence electrons. The van der Waals surface area contributed by atoms with Gasteiger partial charge in [-0.2, -0.15) is 0 Å². The van der Waals surface area contributed by atoms with Crippen LogP contribution in [0.4, 0.5) is 0 Å². The predicted octanol–water partition coefficient (Wildman–Crippen LogP) is 2.98. The highest BCUT2D eigenvalue weighted by atomic mass is 35.5. The number of hydrogen-bond acceptors (Lipinski definition) is 3. The molecule has 0 fully saturated rings. The van der Waals surface area contributed by atoms with E-state index in [2.05, 4.69) is 40.3 Å². The predicted molar refractivity (Wildman–Crippen MR) is 88.9 cm³/mol. The van der Waals surface area contributed by atoms with E-state index in [9.17, 15) is 4.79 Å². The molecular weight excluding hydrogens is 292 g/mol. The summed E-state index contributed by atoms with van der Waals surface area (Å²) in [6.45, 7) is 1.61. The molecule has 0 spiro atoms. The van der Waals surface area contributed by atoms with Gasteiger partial charge in [0.1, 0.15) is 0 Å². The third kappa shape index (κ3) is 4.78. The molecule has 0 atom stereocenters. The molecule has 1 aromatic heterocycles. The van der Waals surface area contributed by atoms with E-state index in [4.69, 9.17) is 0 Å². The van der Waals surface area contributed by atoms with Crippen molar-refractivity contribution in [1.82, 2.24) is 10.6 Å². The minimum atomic E-state index is 0. The Morgan fingerprint density at radius 1 is 1.25 bits per heavy atom. The fourth-order valence-corrected chi connectivity index (χ4v) is 3.07. The molecule has 1 aromatic carbocycles. The topological polar surface area (TPSA) is 41.1 Å². The maximum absolute atomic E-state index is 11.6. The van der Waals surface area contributed by atoms with E-state index in [1.807, 2.05) is 7.05 Å². The number of fused-ring (bicyclic) bond motifs is 1. The summed E-state index contributed by atoms with van der Waals surface area (Å²) in [5.41, 5.74) is 1.33. The van der Waals surface area contributed by atoms with Crippen LogP contribution in [0.3, 0.4) is 0 Å². The Morgan fingerprint density at radius 3 is 2.85 bits per heavy atom. The van der Waals surface area contributed by atoms with Crippen molar-refractivity contribution in [3.8, 4) is 0 Å². The highest BCUT2D eigenvalue weighted by molar-refractivity contribution is 7.17. The average molecular weight is 313 g/mol. The summed E-state index contributed by atoms with van der Waals surface area (Å²) in [7, 11) is 1.90. The quantitative estimate of drug-likeness (QED) is 0.772. The number of carbonyl (C=O) groups excluding carboxylic acids is 1. The summed E-state index contributed by atoms with van der Waals surface area (Å²) in [6.07, 6.45) is 2.40. The lowest BCUT2D eigenvalue weighted by Crippen LogP contribution is -2.26. The van der Waals surface area contributed by atoms with Crippen molar-refractivity contribution in [3.63, 3.8) is 0 Å². The van der Waals surface area contributed by atoms with Crippen molar-refractivity contribution < 1.29 is 4.79 Å². The van der Waals surface area contributed by atoms with Crippen molar-refractivity contribution in [2.75, 3.05) is 20.1 Å². The van der Waals surface area contributed by atoms with Crippen molar-refractivity contribution in [2.45, 2.75) is 19.3 Å². The van der Waals surface area contributed by atoms with Crippen LogP contribution in [-0.4, -0.2) is 26.0 Å². The van der Waals surface area contributed by atoms with Gasteiger partial charge in [0.2, 0.25) is 5.91 Å². The van der Waals surface area contributed by atoms with Crippen LogP contribution in [0.5, 0.6) is 0 Å². The van der Waals surface area contributed by atoms with Gasteiger partial charge in [-0.25, -0.2) is 0 Å². The number of nitrogens with one attached hydrogen (secondary N) is 2. The third-order valence-electron chi connectivity index (χ3n) is 3.11. The van der Waals surface area contributed by atoms with Gasteiger partial charge >= 0.3 is 0 Å². The lowest BCUT2D eigenvalue weighted by Gasteiger charge is -2.04. The molecule has 0 aliphatic carbocycles. The standard InChI is InChI=1S/C15H20N2OS.ClH/c1-16-9-4-7-15(18)17-10-8-12-11-19-14-6-3-2-5-13(12)14;/h2-3,5-6,11,16H,4,7-10H2,1H3,(H,17,18);1H. The Kier molecular flexibility index (Phi) is 7.59. The van der Waals surface area contributed by atoms with Gasteiger partial charge in [0.25, 0.3) is 0 Å². The Morgan fingerprint density at radius 2 is 2.05 bits per heavy atom. The minimum Gasteiger partial charge on any atom is -0.356 e. The van der Waals surface area contributed by atoms with Gasteiger partial charge in [-0.1, -0.05) is 18.2 Å². The monoisotopic (exact) mass is 312 g/mol. The van der Waals surface area contributed by atoms with Gasteiger partial charge in [-0.3, -0.25) is 4.79 Å². The largest absolute Gasteiger partial charge is 0.356 e. The zero-order valence-corrected chi connectivity index (χ0v) is 13.3. The average Bonchev–Trinajstić information content (AvgIpc) is 2.83. The zero-order chi connectivity index (χ0) is 13.5. The Balaban J connectivity index is 0.00000200. The van der Waals surface area contributed by atoms with Gasteiger partial charge in [-0.15, -0.1) is 23.7 Å².